The van der Waals surface area contributed by atoms with Gasteiger partial charge in [0.15, 0.2) is 6.17 Å². The second kappa shape index (κ2) is 5.72. The lowest BCUT2D eigenvalue weighted by atomic mass is 10.2. The van der Waals surface area contributed by atoms with Crippen LogP contribution in [0.1, 0.15) is 24.0 Å². The zero-order valence-electron chi connectivity index (χ0n) is 12.6. The number of nitrogens with zero attached hydrogens (tertiary/aromatic N) is 5. The van der Waals surface area contributed by atoms with Crippen LogP contribution < -0.4 is 10.9 Å². The molecule has 0 aromatic carbocycles. The Kier molecular flexibility index (Phi) is 3.61. The minimum Gasteiger partial charge on any atom is -0.343 e. The molecule has 4 heterocycles. The molecule has 8 nitrogen and oxygen atoms in total. The number of H-pyrrole nitrogens is 1. The largest absolute Gasteiger partial charge is 0.450 e. The summed E-state index contributed by atoms with van der Waals surface area (Å²) in [7, 11) is 0. The van der Waals surface area contributed by atoms with Crippen molar-refractivity contribution in [3.05, 3.63) is 36.2 Å². The van der Waals surface area contributed by atoms with Crippen molar-refractivity contribution in [3.63, 3.8) is 0 Å². The third-order valence-corrected chi connectivity index (χ3v) is 3.63. The molecule has 0 bridgehead atoms. The van der Waals surface area contributed by atoms with Crippen molar-refractivity contribution in [3.8, 4) is 11.4 Å². The molecule has 3 aromatic rings. The predicted octanol–water partition coefficient (Wildman–Crippen LogP) is 2.12. The Morgan fingerprint density at radius 3 is 2.62 bits per heavy atom. The van der Waals surface area contributed by atoms with Gasteiger partial charge in [-0.25, -0.2) is 34.2 Å². The van der Waals surface area contributed by atoms with Crippen LogP contribution in [-0.4, -0.2) is 36.3 Å². The fraction of sp³-hybridized carbons (Fsp3) is 0.231. The molecule has 0 saturated carbocycles. The molecular weight excluding hydrogens is 363 g/mol. The quantitative estimate of drug-likeness (QED) is 0.613. The molecule has 0 spiro atoms. The molecule has 3 N–H and O–H groups in total. The first-order chi connectivity index (χ1) is 12.3. The SMILES string of the molecule is FC(F)c1ccn2c(-c3cnc[nH]3)c(C3N=C(C(F)(F)F)NN3)nc2n1. The average molecular weight is 372 g/mol. The number of aliphatic imine (C=N–C) groups is 1. The fourth-order valence-electron chi connectivity index (χ4n) is 2.53. The van der Waals surface area contributed by atoms with Gasteiger partial charge in [0.1, 0.15) is 11.4 Å². The summed E-state index contributed by atoms with van der Waals surface area (Å²) in [5.41, 5.74) is 4.61. The zero-order chi connectivity index (χ0) is 18.5. The van der Waals surface area contributed by atoms with Gasteiger partial charge in [0.2, 0.25) is 11.6 Å². The van der Waals surface area contributed by atoms with Crippen LogP contribution in [0.25, 0.3) is 17.2 Å². The molecule has 0 fully saturated rings. The number of fused-ring (bicyclic) bond motifs is 1. The van der Waals surface area contributed by atoms with Gasteiger partial charge in [-0.1, -0.05) is 0 Å². The standard InChI is InChI=1S/C13H9F5N8/c14-9(15)5-1-2-26-8(6-3-19-4-20-6)7(22-12(26)21-5)10-23-11(25-24-10)13(16,17)18/h1-4,9-10,24H,(H,19,20)(H,23,25). The van der Waals surface area contributed by atoms with E-state index in [1.807, 2.05) is 5.43 Å². The lowest BCUT2D eigenvalue weighted by Crippen LogP contribution is -2.39. The molecule has 4 rings (SSSR count). The lowest BCUT2D eigenvalue weighted by molar-refractivity contribution is -0.0614. The topological polar surface area (TPSA) is 95.3 Å². The molecule has 3 aromatic heterocycles. The Bertz CT molecular complexity index is 974. The van der Waals surface area contributed by atoms with E-state index in [9.17, 15) is 22.0 Å². The maximum Gasteiger partial charge on any atom is 0.450 e. The highest BCUT2D eigenvalue weighted by Crippen LogP contribution is 2.31. The monoisotopic (exact) mass is 372 g/mol. The number of aromatic amines is 1. The Labute approximate surface area is 141 Å². The molecule has 0 saturated heterocycles. The molecule has 1 aliphatic rings. The van der Waals surface area contributed by atoms with Crippen LogP contribution in [0.4, 0.5) is 22.0 Å². The first-order valence-corrected chi connectivity index (χ1v) is 7.17. The highest BCUT2D eigenvalue weighted by molar-refractivity contribution is 5.88. The van der Waals surface area contributed by atoms with Crippen LogP contribution in [0.2, 0.25) is 0 Å². The summed E-state index contributed by atoms with van der Waals surface area (Å²) in [4.78, 5) is 18.1. The van der Waals surface area contributed by atoms with Crippen molar-refractivity contribution in [2.24, 2.45) is 4.99 Å². The Balaban J connectivity index is 1.88. The van der Waals surface area contributed by atoms with Gasteiger partial charge in [-0.15, -0.1) is 0 Å². The highest BCUT2D eigenvalue weighted by atomic mass is 19.4. The number of rotatable bonds is 3. The molecule has 0 aliphatic carbocycles. The molecule has 13 heteroatoms. The summed E-state index contributed by atoms with van der Waals surface area (Å²) in [6.07, 6.45) is -4.57. The van der Waals surface area contributed by atoms with Crippen molar-refractivity contribution in [2.45, 2.75) is 18.8 Å². The molecule has 0 radical (unpaired) electrons. The van der Waals surface area contributed by atoms with Crippen LogP contribution >= 0.6 is 0 Å². The van der Waals surface area contributed by atoms with Crippen LogP contribution in [0, 0.1) is 0 Å². The van der Waals surface area contributed by atoms with Crippen LogP contribution in [-0.2, 0) is 0 Å². The normalized spacial score (nSPS) is 17.8. The van der Waals surface area contributed by atoms with Gasteiger partial charge in [0, 0.05) is 6.20 Å². The van der Waals surface area contributed by atoms with Gasteiger partial charge < -0.3 is 4.98 Å². The van der Waals surface area contributed by atoms with E-state index in [-0.39, 0.29) is 11.5 Å². The van der Waals surface area contributed by atoms with Crippen LogP contribution in [0.5, 0.6) is 0 Å². The van der Waals surface area contributed by atoms with Gasteiger partial charge in [0.05, 0.1) is 23.9 Å². The van der Waals surface area contributed by atoms with Gasteiger partial charge in [-0.05, 0) is 6.07 Å². The second-order valence-corrected chi connectivity index (χ2v) is 5.28. The van der Waals surface area contributed by atoms with Crippen LogP contribution in [0.3, 0.4) is 0 Å². The van der Waals surface area contributed by atoms with E-state index in [0.29, 0.717) is 11.4 Å². The van der Waals surface area contributed by atoms with Gasteiger partial charge >= 0.3 is 6.18 Å². The molecule has 136 valence electrons. The number of nitrogens with one attached hydrogen (secondary N) is 3. The summed E-state index contributed by atoms with van der Waals surface area (Å²) >= 11 is 0. The van der Waals surface area contributed by atoms with E-state index in [4.69, 9.17) is 0 Å². The summed E-state index contributed by atoms with van der Waals surface area (Å²) in [5.74, 6) is -1.31. The third-order valence-electron chi connectivity index (χ3n) is 3.63. The van der Waals surface area contributed by atoms with Gasteiger partial charge in [0.25, 0.3) is 6.43 Å². The number of amidine groups is 1. The summed E-state index contributed by atoms with van der Waals surface area (Å²) in [6, 6.07) is 1.10. The van der Waals surface area contributed by atoms with E-state index in [0.717, 1.165) is 6.07 Å². The van der Waals surface area contributed by atoms with E-state index in [1.54, 1.807) is 0 Å². The number of aromatic nitrogens is 5. The molecular formula is C13H9F5N8. The molecule has 0 amide bonds. The summed E-state index contributed by atoms with van der Waals surface area (Å²) in [5, 5.41) is 0. The van der Waals surface area contributed by atoms with Gasteiger partial charge in [-0.3, -0.25) is 9.83 Å². The third kappa shape index (κ3) is 2.65. The summed E-state index contributed by atoms with van der Waals surface area (Å²) < 4.78 is 65.5. The molecule has 1 unspecified atom stereocenters. The number of hydrogen-bond acceptors (Lipinski definition) is 6. The Hall–Kier alpha value is -3.09. The van der Waals surface area contributed by atoms with Crippen molar-refractivity contribution in [1.29, 1.82) is 0 Å². The Morgan fingerprint density at radius 2 is 2.00 bits per heavy atom. The minimum absolute atomic E-state index is 0.0694. The van der Waals surface area contributed by atoms with Gasteiger partial charge in [-0.2, -0.15) is 13.2 Å². The maximum absolute atomic E-state index is 12.9. The van der Waals surface area contributed by atoms with Crippen molar-refractivity contribution < 1.29 is 22.0 Å². The molecule has 26 heavy (non-hydrogen) atoms. The Morgan fingerprint density at radius 1 is 1.19 bits per heavy atom. The first-order valence-electron chi connectivity index (χ1n) is 7.17. The van der Waals surface area contributed by atoms with E-state index >= 15 is 0 Å². The number of hydrogen-bond donors (Lipinski definition) is 3. The van der Waals surface area contributed by atoms with Crippen molar-refractivity contribution in [2.75, 3.05) is 0 Å². The number of alkyl halides is 5. The second-order valence-electron chi connectivity index (χ2n) is 5.28. The van der Waals surface area contributed by atoms with Crippen molar-refractivity contribution >= 4 is 11.6 Å². The number of hydrazine groups is 1. The van der Waals surface area contributed by atoms with E-state index < -0.39 is 30.3 Å². The smallest absolute Gasteiger partial charge is 0.343 e. The fourth-order valence-corrected chi connectivity index (χ4v) is 2.53. The first kappa shape index (κ1) is 16.4. The maximum atomic E-state index is 12.9. The average Bonchev–Trinajstić information content (AvgIpc) is 3.31. The van der Waals surface area contributed by atoms with Crippen molar-refractivity contribution in [1.82, 2.24) is 35.2 Å². The zero-order valence-corrected chi connectivity index (χ0v) is 12.6. The predicted molar refractivity (Wildman–Crippen MR) is 78.0 cm³/mol. The number of imidazole rings is 2. The molecule has 1 atom stereocenters. The highest BCUT2D eigenvalue weighted by Gasteiger charge is 2.41. The lowest BCUT2D eigenvalue weighted by Gasteiger charge is -2.07. The molecule has 1 aliphatic heterocycles. The minimum atomic E-state index is -4.67. The number of halogens is 5. The van der Waals surface area contributed by atoms with E-state index in [2.05, 4.69) is 30.4 Å². The summed E-state index contributed by atoms with van der Waals surface area (Å²) in [6.45, 7) is 0. The van der Waals surface area contributed by atoms with E-state index in [1.165, 1.54) is 23.1 Å². The van der Waals surface area contributed by atoms with Crippen LogP contribution in [0.15, 0.2) is 29.8 Å².